The predicted molar refractivity (Wildman–Crippen MR) is 86.9 cm³/mol. The minimum absolute atomic E-state index is 0. The molecular formula is C17H24LiO3P. The summed E-state index contributed by atoms with van der Waals surface area (Å²) in [6, 6.07) is 5.59. The minimum atomic E-state index is 0. The average molecular weight is 314 g/mol. The zero-order valence-electron chi connectivity index (χ0n) is 13.9. The fraction of sp³-hybridized carbons (Fsp3) is 0.588. The second kappa shape index (κ2) is 10.3. The first-order valence-corrected chi connectivity index (χ1v) is 8.86. The van der Waals surface area contributed by atoms with Crippen LogP contribution in [0.3, 0.4) is 0 Å². The molecule has 1 aliphatic carbocycles. The van der Waals surface area contributed by atoms with Gasteiger partial charge in [-0.3, -0.25) is 0 Å². The number of rotatable bonds is 7. The Morgan fingerprint density at radius 1 is 1.09 bits per heavy atom. The zero-order chi connectivity index (χ0) is 15.1. The molecule has 3 nitrogen and oxygen atoms in total. The van der Waals surface area contributed by atoms with Crippen LogP contribution in [0.4, 0.5) is 0 Å². The Morgan fingerprint density at radius 2 is 1.64 bits per heavy atom. The first-order chi connectivity index (χ1) is 10.3. The molecule has 0 heterocycles. The summed E-state index contributed by atoms with van der Waals surface area (Å²) >= 11 is 0. The molecule has 116 valence electrons. The molecule has 0 unspecified atom stereocenters. The van der Waals surface area contributed by atoms with Crippen LogP contribution >= 0.6 is 8.58 Å². The van der Waals surface area contributed by atoms with Crippen LogP contribution in [0.2, 0.25) is 0 Å². The summed E-state index contributed by atoms with van der Waals surface area (Å²) in [5, 5.41) is 0. The molecule has 0 saturated heterocycles. The van der Waals surface area contributed by atoms with E-state index in [1.165, 1.54) is 19.3 Å². The number of benzene rings is 1. The molecule has 1 aromatic rings. The zero-order valence-corrected chi connectivity index (χ0v) is 14.8. The number of hydrogen-bond donors (Lipinski definition) is 0. The van der Waals surface area contributed by atoms with E-state index in [1.807, 2.05) is 32.0 Å². The Kier molecular flexibility index (Phi) is 9.18. The van der Waals surface area contributed by atoms with Gasteiger partial charge in [0.05, 0.1) is 18.8 Å². The van der Waals surface area contributed by atoms with Gasteiger partial charge >= 0.3 is 18.9 Å². The van der Waals surface area contributed by atoms with Crippen molar-refractivity contribution in [2.75, 3.05) is 13.2 Å². The largest absolute Gasteiger partial charge is 1.00 e. The Hall–Kier alpha value is -0.483. The first-order valence-electron chi connectivity index (χ1n) is 7.90. The van der Waals surface area contributed by atoms with Gasteiger partial charge in [0.25, 0.3) is 0 Å². The number of hydrogen-bond acceptors (Lipinski definition) is 3. The van der Waals surface area contributed by atoms with E-state index in [4.69, 9.17) is 9.47 Å². The molecule has 1 aromatic carbocycles. The summed E-state index contributed by atoms with van der Waals surface area (Å²) in [5.41, 5.74) is 1.25. The monoisotopic (exact) mass is 314 g/mol. The number of carbonyl (C=O) groups is 1. The molecule has 5 heteroatoms. The van der Waals surface area contributed by atoms with Gasteiger partial charge in [0.1, 0.15) is 11.5 Å². The van der Waals surface area contributed by atoms with Crippen molar-refractivity contribution in [3.63, 3.8) is 0 Å². The molecule has 2 rings (SSSR count). The molecule has 22 heavy (non-hydrogen) atoms. The SMILES string of the molecule is CCOc1cccc(OCC)c1C(=O)[P-]C1CCCCC1.[Li+]. The topological polar surface area (TPSA) is 35.5 Å². The van der Waals surface area contributed by atoms with Crippen molar-refractivity contribution in [1.29, 1.82) is 0 Å². The van der Waals surface area contributed by atoms with Gasteiger partial charge in [-0.2, -0.15) is 5.66 Å². The molecular weight excluding hydrogens is 290 g/mol. The Balaban J connectivity index is 0.00000242. The van der Waals surface area contributed by atoms with E-state index >= 15 is 0 Å². The molecule has 0 radical (unpaired) electrons. The van der Waals surface area contributed by atoms with Crippen LogP contribution in [-0.4, -0.2) is 24.4 Å². The first kappa shape index (κ1) is 19.6. The van der Waals surface area contributed by atoms with Crippen LogP contribution < -0.4 is 28.3 Å². The molecule has 0 spiro atoms. The summed E-state index contributed by atoms with van der Waals surface area (Å²) in [6.45, 7) is 4.97. The normalized spacial score (nSPS) is 15.5. The fourth-order valence-electron chi connectivity index (χ4n) is 2.71. The van der Waals surface area contributed by atoms with Crippen molar-refractivity contribution < 1.29 is 33.1 Å². The molecule has 1 fully saturated rings. The van der Waals surface area contributed by atoms with E-state index in [2.05, 4.69) is 0 Å². The van der Waals surface area contributed by atoms with E-state index in [1.54, 1.807) is 0 Å². The molecule has 0 atom stereocenters. The summed E-state index contributed by atoms with van der Waals surface area (Å²) in [4.78, 5) is 12.7. The third kappa shape index (κ3) is 5.31. The molecule has 1 aliphatic rings. The second-order valence-electron chi connectivity index (χ2n) is 5.22. The molecule has 0 aliphatic heterocycles. The third-order valence-electron chi connectivity index (χ3n) is 3.68. The maximum atomic E-state index is 12.7. The van der Waals surface area contributed by atoms with E-state index in [0.29, 0.717) is 35.9 Å². The van der Waals surface area contributed by atoms with E-state index in [0.717, 1.165) is 21.4 Å². The standard InChI is InChI=1S/C17H24O3P.Li/c1-3-19-14-11-8-12-15(20-4-2)16(14)17(18)21-13-9-6-5-7-10-13;/h8,11-13H,3-7,9-10H2,1-2H3;/q-1;+1. The Labute approximate surface area is 147 Å². The van der Waals surface area contributed by atoms with Gasteiger partial charge in [-0.25, -0.2) is 0 Å². The van der Waals surface area contributed by atoms with Crippen molar-refractivity contribution in [2.45, 2.75) is 51.6 Å². The second-order valence-corrected chi connectivity index (χ2v) is 6.62. The maximum Gasteiger partial charge on any atom is 1.00 e. The van der Waals surface area contributed by atoms with Crippen molar-refractivity contribution in [2.24, 2.45) is 0 Å². The minimum Gasteiger partial charge on any atom is -0.493 e. The van der Waals surface area contributed by atoms with Gasteiger partial charge in [0.2, 0.25) is 0 Å². The smallest absolute Gasteiger partial charge is 0.493 e. The van der Waals surface area contributed by atoms with Crippen molar-refractivity contribution >= 4 is 14.1 Å². The quantitative estimate of drug-likeness (QED) is 0.570. The van der Waals surface area contributed by atoms with Crippen LogP contribution in [0.25, 0.3) is 0 Å². The van der Waals surface area contributed by atoms with E-state index < -0.39 is 0 Å². The molecule has 0 bridgehead atoms. The van der Waals surface area contributed by atoms with Gasteiger partial charge in [0.15, 0.2) is 0 Å². The molecule has 0 amide bonds. The fourth-order valence-corrected chi connectivity index (χ4v) is 4.02. The molecule has 0 aromatic heterocycles. The van der Waals surface area contributed by atoms with Crippen LogP contribution in [0.1, 0.15) is 56.3 Å². The van der Waals surface area contributed by atoms with Crippen molar-refractivity contribution in [3.05, 3.63) is 23.8 Å². The summed E-state index contributed by atoms with van der Waals surface area (Å²) in [5.74, 6) is 1.30. The van der Waals surface area contributed by atoms with Crippen molar-refractivity contribution in [3.8, 4) is 11.5 Å². The summed E-state index contributed by atoms with van der Waals surface area (Å²) < 4.78 is 11.3. The molecule has 0 N–H and O–H groups in total. The van der Waals surface area contributed by atoms with Crippen molar-refractivity contribution in [1.82, 2.24) is 0 Å². The van der Waals surface area contributed by atoms with Crippen LogP contribution in [0.5, 0.6) is 11.5 Å². The van der Waals surface area contributed by atoms with E-state index in [-0.39, 0.29) is 24.4 Å². The summed E-state index contributed by atoms with van der Waals surface area (Å²) in [7, 11) is 0.895. The Bertz CT molecular complexity index is 449. The number of ether oxygens (including phenoxy) is 2. The summed E-state index contributed by atoms with van der Waals surface area (Å²) in [6.07, 6.45) is 6.12. The van der Waals surface area contributed by atoms with Gasteiger partial charge in [-0.1, -0.05) is 38.2 Å². The number of carbonyl (C=O) groups excluding carboxylic acids is 1. The van der Waals surface area contributed by atoms with Gasteiger partial charge in [0, 0.05) is 5.52 Å². The van der Waals surface area contributed by atoms with Crippen LogP contribution in [-0.2, 0) is 0 Å². The molecule has 1 saturated carbocycles. The third-order valence-corrected chi connectivity index (χ3v) is 5.02. The van der Waals surface area contributed by atoms with E-state index in [9.17, 15) is 4.79 Å². The van der Waals surface area contributed by atoms with Gasteiger partial charge in [-0.15, -0.1) is 0 Å². The Morgan fingerprint density at radius 3 is 2.14 bits per heavy atom. The average Bonchev–Trinajstić information content (AvgIpc) is 2.49. The predicted octanol–water partition coefficient (Wildman–Crippen LogP) is 1.91. The van der Waals surface area contributed by atoms with Gasteiger partial charge < -0.3 is 22.8 Å². The van der Waals surface area contributed by atoms with Crippen LogP contribution in [0, 0.1) is 0 Å². The van der Waals surface area contributed by atoms with Gasteiger partial charge in [-0.05, 0) is 26.0 Å². The maximum absolute atomic E-state index is 12.7. The van der Waals surface area contributed by atoms with Crippen LogP contribution in [0.15, 0.2) is 18.2 Å².